The lowest BCUT2D eigenvalue weighted by Gasteiger charge is -2.17. The maximum absolute atomic E-state index is 5.66. The van der Waals surface area contributed by atoms with Crippen LogP contribution in [0.5, 0.6) is 5.75 Å². The summed E-state index contributed by atoms with van der Waals surface area (Å²) in [6.07, 6.45) is 1.09. The predicted octanol–water partition coefficient (Wildman–Crippen LogP) is 4.39. The molecule has 1 atom stereocenters. The second kappa shape index (κ2) is 7.31. The molecule has 0 saturated heterocycles. The summed E-state index contributed by atoms with van der Waals surface area (Å²) in [5.74, 6) is 0.985. The van der Waals surface area contributed by atoms with Gasteiger partial charge in [0.1, 0.15) is 5.75 Å². The largest absolute Gasteiger partial charge is 0.494 e. The number of rotatable bonds is 7. The Morgan fingerprint density at radius 3 is 2.68 bits per heavy atom. The quantitative estimate of drug-likeness (QED) is 0.809. The second-order valence-corrected chi connectivity index (χ2v) is 5.38. The number of hydrogen-bond donors (Lipinski definition) is 1. The van der Waals surface area contributed by atoms with Gasteiger partial charge in [-0.2, -0.15) is 0 Å². The summed E-state index contributed by atoms with van der Waals surface area (Å²) in [7, 11) is 0. The Bertz CT molecular complexity index is 481. The number of para-hydroxylation sites is 1. The van der Waals surface area contributed by atoms with Gasteiger partial charge in [0, 0.05) is 23.0 Å². The van der Waals surface area contributed by atoms with Gasteiger partial charge in [-0.15, -0.1) is 11.3 Å². The topological polar surface area (TPSA) is 21.3 Å². The normalized spacial score (nSPS) is 12.3. The van der Waals surface area contributed by atoms with E-state index in [0.717, 1.165) is 18.7 Å². The maximum Gasteiger partial charge on any atom is 0.123 e. The Hall–Kier alpha value is -1.32. The molecule has 1 aromatic heterocycles. The van der Waals surface area contributed by atoms with Crippen LogP contribution >= 0.6 is 11.3 Å². The van der Waals surface area contributed by atoms with Crippen LogP contribution in [-0.4, -0.2) is 6.61 Å². The van der Waals surface area contributed by atoms with Crippen LogP contribution in [-0.2, 0) is 6.54 Å². The molecule has 0 radical (unpaired) electrons. The third-order valence-corrected chi connectivity index (χ3v) is 4.09. The molecular formula is C16H21NOS. The Morgan fingerprint density at radius 1 is 1.16 bits per heavy atom. The number of nitrogens with one attached hydrogen (secondary N) is 1. The van der Waals surface area contributed by atoms with E-state index >= 15 is 0 Å². The standard InChI is InChI=1S/C16H21NOS/c1-3-14(16-10-7-11-19-16)17-12-13-8-5-6-9-15(13)18-4-2/h5-11,14,17H,3-4,12H2,1-2H3. The highest BCUT2D eigenvalue weighted by Crippen LogP contribution is 2.24. The van der Waals surface area contributed by atoms with E-state index in [4.69, 9.17) is 4.74 Å². The summed E-state index contributed by atoms with van der Waals surface area (Å²) in [5, 5.41) is 5.75. The van der Waals surface area contributed by atoms with Crippen LogP contribution in [0, 0.1) is 0 Å². The highest BCUT2D eigenvalue weighted by Gasteiger charge is 2.10. The Balaban J connectivity index is 2.01. The lowest BCUT2D eigenvalue weighted by atomic mass is 10.1. The Morgan fingerprint density at radius 2 is 2.00 bits per heavy atom. The molecule has 1 N–H and O–H groups in total. The smallest absolute Gasteiger partial charge is 0.123 e. The Kier molecular flexibility index (Phi) is 5.43. The SMILES string of the molecule is CCOc1ccccc1CNC(CC)c1cccs1. The molecule has 3 heteroatoms. The van der Waals surface area contributed by atoms with E-state index in [1.165, 1.54) is 10.4 Å². The minimum absolute atomic E-state index is 0.426. The van der Waals surface area contributed by atoms with Crippen molar-refractivity contribution in [3.8, 4) is 5.75 Å². The summed E-state index contributed by atoms with van der Waals surface area (Å²) in [5.41, 5.74) is 1.22. The summed E-state index contributed by atoms with van der Waals surface area (Å²) in [6, 6.07) is 13.0. The van der Waals surface area contributed by atoms with Crippen molar-refractivity contribution in [1.82, 2.24) is 5.32 Å². The molecule has 2 aromatic rings. The molecule has 0 saturated carbocycles. The minimum atomic E-state index is 0.426. The molecule has 2 rings (SSSR count). The van der Waals surface area contributed by atoms with Gasteiger partial charge >= 0.3 is 0 Å². The molecular weight excluding hydrogens is 254 g/mol. The molecule has 1 unspecified atom stereocenters. The maximum atomic E-state index is 5.66. The van der Waals surface area contributed by atoms with Crippen molar-refractivity contribution < 1.29 is 4.74 Å². The van der Waals surface area contributed by atoms with Gasteiger partial charge in [-0.3, -0.25) is 0 Å². The number of thiophene rings is 1. The van der Waals surface area contributed by atoms with E-state index in [1.807, 2.05) is 30.4 Å². The summed E-state index contributed by atoms with van der Waals surface area (Å²) in [6.45, 7) is 5.78. The van der Waals surface area contributed by atoms with E-state index in [1.54, 1.807) is 0 Å². The van der Waals surface area contributed by atoms with Crippen LogP contribution < -0.4 is 10.1 Å². The fourth-order valence-corrected chi connectivity index (χ4v) is 3.00. The van der Waals surface area contributed by atoms with Crippen molar-refractivity contribution >= 4 is 11.3 Å². The average Bonchev–Trinajstić information content (AvgIpc) is 2.96. The lowest BCUT2D eigenvalue weighted by Crippen LogP contribution is -2.19. The zero-order valence-corrected chi connectivity index (χ0v) is 12.4. The second-order valence-electron chi connectivity index (χ2n) is 4.40. The van der Waals surface area contributed by atoms with Gasteiger partial charge in [-0.05, 0) is 30.9 Å². The highest BCUT2D eigenvalue weighted by molar-refractivity contribution is 7.10. The molecule has 0 aliphatic carbocycles. The van der Waals surface area contributed by atoms with Crippen molar-refractivity contribution in [3.05, 3.63) is 52.2 Å². The lowest BCUT2D eigenvalue weighted by molar-refractivity contribution is 0.334. The molecule has 0 spiro atoms. The van der Waals surface area contributed by atoms with Crippen LogP contribution in [0.4, 0.5) is 0 Å². The summed E-state index contributed by atoms with van der Waals surface area (Å²) in [4.78, 5) is 1.40. The van der Waals surface area contributed by atoms with Gasteiger partial charge in [0.05, 0.1) is 6.61 Å². The first-order valence-corrected chi connectivity index (χ1v) is 7.70. The Labute approximate surface area is 119 Å². The van der Waals surface area contributed by atoms with Gasteiger partial charge in [0.25, 0.3) is 0 Å². The van der Waals surface area contributed by atoms with Gasteiger partial charge in [0.15, 0.2) is 0 Å². The fourth-order valence-electron chi connectivity index (χ4n) is 2.12. The first kappa shape index (κ1) is 14.1. The predicted molar refractivity (Wildman–Crippen MR) is 81.8 cm³/mol. The average molecular weight is 275 g/mol. The molecule has 1 aromatic carbocycles. The molecule has 19 heavy (non-hydrogen) atoms. The van der Waals surface area contributed by atoms with E-state index in [9.17, 15) is 0 Å². The third kappa shape index (κ3) is 3.82. The van der Waals surface area contributed by atoms with Crippen LogP contribution in [0.3, 0.4) is 0 Å². The molecule has 0 fully saturated rings. The molecule has 0 amide bonds. The van der Waals surface area contributed by atoms with Gasteiger partial charge < -0.3 is 10.1 Å². The van der Waals surface area contributed by atoms with Gasteiger partial charge in [-0.1, -0.05) is 31.2 Å². The van der Waals surface area contributed by atoms with Gasteiger partial charge in [0.2, 0.25) is 0 Å². The summed E-state index contributed by atoms with van der Waals surface area (Å²) >= 11 is 1.81. The highest BCUT2D eigenvalue weighted by atomic mass is 32.1. The van der Waals surface area contributed by atoms with Crippen molar-refractivity contribution in [1.29, 1.82) is 0 Å². The van der Waals surface area contributed by atoms with Crippen LogP contribution in [0.15, 0.2) is 41.8 Å². The molecule has 0 bridgehead atoms. The van der Waals surface area contributed by atoms with Crippen molar-refractivity contribution in [2.45, 2.75) is 32.9 Å². The van der Waals surface area contributed by atoms with Gasteiger partial charge in [-0.25, -0.2) is 0 Å². The van der Waals surface area contributed by atoms with E-state index in [-0.39, 0.29) is 0 Å². The minimum Gasteiger partial charge on any atom is -0.494 e. The van der Waals surface area contributed by atoms with E-state index in [0.29, 0.717) is 12.6 Å². The van der Waals surface area contributed by atoms with Crippen molar-refractivity contribution in [3.63, 3.8) is 0 Å². The first-order valence-electron chi connectivity index (χ1n) is 6.82. The zero-order valence-electron chi connectivity index (χ0n) is 11.6. The zero-order chi connectivity index (χ0) is 13.5. The first-order chi connectivity index (χ1) is 9.35. The number of benzene rings is 1. The van der Waals surface area contributed by atoms with E-state index in [2.05, 4.69) is 41.9 Å². The molecule has 1 heterocycles. The third-order valence-electron chi connectivity index (χ3n) is 3.11. The molecule has 0 aliphatic rings. The molecule has 0 aliphatic heterocycles. The monoisotopic (exact) mass is 275 g/mol. The van der Waals surface area contributed by atoms with Crippen LogP contribution in [0.1, 0.15) is 36.8 Å². The molecule has 2 nitrogen and oxygen atoms in total. The van der Waals surface area contributed by atoms with Crippen molar-refractivity contribution in [2.24, 2.45) is 0 Å². The number of ether oxygens (including phenoxy) is 1. The summed E-state index contributed by atoms with van der Waals surface area (Å²) < 4.78 is 5.66. The fraction of sp³-hybridized carbons (Fsp3) is 0.375. The molecule has 102 valence electrons. The number of hydrogen-bond acceptors (Lipinski definition) is 3. The van der Waals surface area contributed by atoms with Crippen molar-refractivity contribution in [2.75, 3.05) is 6.61 Å². The van der Waals surface area contributed by atoms with E-state index < -0.39 is 0 Å². The van der Waals surface area contributed by atoms with Crippen LogP contribution in [0.25, 0.3) is 0 Å². The van der Waals surface area contributed by atoms with Crippen LogP contribution in [0.2, 0.25) is 0 Å².